The number of hydrogen-bond donors (Lipinski definition) is 2. The zero-order valence-corrected chi connectivity index (χ0v) is 19.6. The molecule has 2 aromatic rings. The number of hydrogen-bond acceptors (Lipinski definition) is 5. The van der Waals surface area contributed by atoms with Crippen LogP contribution in [0.4, 0.5) is 0 Å². The molecular weight excluding hydrogens is 440 g/mol. The zero-order valence-electron chi connectivity index (χ0n) is 18.0. The second-order valence-electron chi connectivity index (χ2n) is 7.33. The number of esters is 1. The topological polar surface area (TPSA) is 102 Å². The van der Waals surface area contributed by atoms with E-state index in [-0.39, 0.29) is 24.3 Å². The number of rotatable bonds is 9. The minimum atomic E-state index is -3.76. The lowest BCUT2D eigenvalue weighted by Crippen LogP contribution is -2.34. The van der Waals surface area contributed by atoms with Crippen LogP contribution < -0.4 is 10.0 Å². The molecule has 168 valence electrons. The standard InChI is InChI=1S/C22H27ClN2O5S/c1-14-11-15(2)22(16(3)12-14)31(28,29)24-10-9-20(26)25-19(13-21(27)30-4)17-5-7-18(23)8-6-17/h5-8,11-12,19,24H,9-10,13H2,1-4H3,(H,25,26). The Morgan fingerprint density at radius 3 is 2.19 bits per heavy atom. The predicted octanol–water partition coefficient (Wildman–Crippen LogP) is 3.35. The van der Waals surface area contributed by atoms with Crippen LogP contribution >= 0.6 is 11.6 Å². The highest BCUT2D eigenvalue weighted by molar-refractivity contribution is 7.89. The molecule has 0 fully saturated rings. The Morgan fingerprint density at radius 2 is 1.65 bits per heavy atom. The molecule has 1 unspecified atom stereocenters. The lowest BCUT2D eigenvalue weighted by molar-refractivity contribution is -0.141. The van der Waals surface area contributed by atoms with Crippen LogP contribution in [0.3, 0.4) is 0 Å². The lowest BCUT2D eigenvalue weighted by atomic mass is 10.0. The smallest absolute Gasteiger partial charge is 0.307 e. The second kappa shape index (κ2) is 10.7. The van der Waals surface area contributed by atoms with Crippen LogP contribution in [0.25, 0.3) is 0 Å². The Hall–Kier alpha value is -2.42. The summed E-state index contributed by atoms with van der Waals surface area (Å²) in [7, 11) is -2.49. The highest BCUT2D eigenvalue weighted by atomic mass is 35.5. The van der Waals surface area contributed by atoms with Crippen molar-refractivity contribution in [3.05, 3.63) is 63.7 Å². The van der Waals surface area contributed by atoms with Gasteiger partial charge in [-0.2, -0.15) is 0 Å². The first-order valence-corrected chi connectivity index (χ1v) is 11.6. The van der Waals surface area contributed by atoms with Gasteiger partial charge >= 0.3 is 5.97 Å². The number of amides is 1. The third-order valence-electron chi connectivity index (χ3n) is 4.72. The molecule has 2 rings (SSSR count). The van der Waals surface area contributed by atoms with Crippen molar-refractivity contribution in [1.82, 2.24) is 10.0 Å². The highest BCUT2D eigenvalue weighted by Crippen LogP contribution is 2.22. The van der Waals surface area contributed by atoms with E-state index in [1.165, 1.54) is 7.11 Å². The Bertz CT molecular complexity index is 1030. The van der Waals surface area contributed by atoms with Crippen LogP contribution in [0.2, 0.25) is 5.02 Å². The Morgan fingerprint density at radius 1 is 1.06 bits per heavy atom. The number of carbonyl (C=O) groups is 2. The summed E-state index contributed by atoms with van der Waals surface area (Å²) >= 11 is 5.90. The Balaban J connectivity index is 2.03. The summed E-state index contributed by atoms with van der Waals surface area (Å²) in [5, 5.41) is 3.29. The number of nitrogens with one attached hydrogen (secondary N) is 2. The Labute approximate surface area is 188 Å². The molecule has 0 saturated heterocycles. The Kier molecular flexibility index (Phi) is 8.61. The second-order valence-corrected chi connectivity index (χ2v) is 9.47. The van der Waals surface area contributed by atoms with Crippen molar-refractivity contribution in [2.75, 3.05) is 13.7 Å². The van der Waals surface area contributed by atoms with Gasteiger partial charge in [-0.25, -0.2) is 13.1 Å². The van der Waals surface area contributed by atoms with Crippen LogP contribution in [0.5, 0.6) is 0 Å². The van der Waals surface area contributed by atoms with E-state index in [1.54, 1.807) is 50.2 Å². The van der Waals surface area contributed by atoms with E-state index < -0.39 is 27.9 Å². The number of benzene rings is 2. The minimum Gasteiger partial charge on any atom is -0.469 e. The zero-order chi connectivity index (χ0) is 23.2. The van der Waals surface area contributed by atoms with Gasteiger partial charge in [-0.1, -0.05) is 41.4 Å². The quantitative estimate of drug-likeness (QED) is 0.552. The van der Waals surface area contributed by atoms with Crippen molar-refractivity contribution < 1.29 is 22.7 Å². The average Bonchev–Trinajstić information content (AvgIpc) is 2.66. The number of ether oxygens (including phenoxy) is 1. The van der Waals surface area contributed by atoms with Gasteiger partial charge in [0.2, 0.25) is 15.9 Å². The van der Waals surface area contributed by atoms with Gasteiger partial charge in [-0.05, 0) is 49.6 Å². The van der Waals surface area contributed by atoms with E-state index in [0.717, 1.165) is 5.56 Å². The fourth-order valence-electron chi connectivity index (χ4n) is 3.43. The van der Waals surface area contributed by atoms with Crippen molar-refractivity contribution in [2.24, 2.45) is 0 Å². The molecule has 0 spiro atoms. The maximum absolute atomic E-state index is 12.7. The molecule has 2 N–H and O–H groups in total. The van der Waals surface area contributed by atoms with Gasteiger partial charge < -0.3 is 10.1 Å². The molecule has 0 aliphatic rings. The van der Waals surface area contributed by atoms with Crippen LogP contribution in [0, 0.1) is 20.8 Å². The summed E-state index contributed by atoms with van der Waals surface area (Å²) in [6, 6.07) is 9.73. The first-order valence-electron chi connectivity index (χ1n) is 9.72. The molecule has 9 heteroatoms. The van der Waals surface area contributed by atoms with Crippen molar-refractivity contribution >= 4 is 33.5 Å². The molecule has 0 aromatic heterocycles. The van der Waals surface area contributed by atoms with Crippen molar-refractivity contribution in [2.45, 2.75) is 44.6 Å². The van der Waals surface area contributed by atoms with Gasteiger partial charge in [-0.15, -0.1) is 0 Å². The summed E-state index contributed by atoms with van der Waals surface area (Å²) in [4.78, 5) is 24.4. The largest absolute Gasteiger partial charge is 0.469 e. The molecule has 1 atom stereocenters. The van der Waals surface area contributed by atoms with E-state index in [4.69, 9.17) is 16.3 Å². The van der Waals surface area contributed by atoms with Gasteiger partial charge in [0, 0.05) is 18.0 Å². The van der Waals surface area contributed by atoms with E-state index in [1.807, 2.05) is 6.92 Å². The molecular formula is C22H27ClN2O5S. The number of carbonyl (C=O) groups excluding carboxylic acids is 2. The number of methoxy groups -OCH3 is 1. The number of sulfonamides is 1. The van der Waals surface area contributed by atoms with Crippen molar-refractivity contribution in [3.63, 3.8) is 0 Å². The molecule has 7 nitrogen and oxygen atoms in total. The van der Waals surface area contributed by atoms with Crippen LogP contribution in [0.15, 0.2) is 41.3 Å². The molecule has 2 aromatic carbocycles. The van der Waals surface area contributed by atoms with Gasteiger partial charge in [0.25, 0.3) is 0 Å². The minimum absolute atomic E-state index is 0.0582. The summed E-state index contributed by atoms with van der Waals surface area (Å²) in [5.74, 6) is -0.879. The van der Waals surface area contributed by atoms with E-state index in [0.29, 0.717) is 21.7 Å². The maximum Gasteiger partial charge on any atom is 0.307 e. The predicted molar refractivity (Wildman–Crippen MR) is 119 cm³/mol. The summed E-state index contributed by atoms with van der Waals surface area (Å²) in [6.45, 7) is 5.31. The monoisotopic (exact) mass is 466 g/mol. The van der Waals surface area contributed by atoms with Crippen molar-refractivity contribution in [3.8, 4) is 0 Å². The summed E-state index contributed by atoms with van der Waals surface area (Å²) in [5.41, 5.74) is 2.97. The molecule has 0 radical (unpaired) electrons. The third kappa shape index (κ3) is 7.05. The van der Waals surface area contributed by atoms with E-state index in [2.05, 4.69) is 10.0 Å². The molecule has 0 aliphatic carbocycles. The molecule has 0 aliphatic heterocycles. The van der Waals surface area contributed by atoms with Gasteiger partial charge in [0.05, 0.1) is 24.5 Å². The third-order valence-corrected chi connectivity index (χ3v) is 6.74. The average molecular weight is 467 g/mol. The van der Waals surface area contributed by atoms with Crippen molar-refractivity contribution in [1.29, 1.82) is 0 Å². The first-order chi connectivity index (χ1) is 14.5. The normalized spacial score (nSPS) is 12.3. The van der Waals surface area contributed by atoms with E-state index in [9.17, 15) is 18.0 Å². The molecule has 0 saturated carbocycles. The van der Waals surface area contributed by atoms with Gasteiger partial charge in [-0.3, -0.25) is 9.59 Å². The summed E-state index contributed by atoms with van der Waals surface area (Å²) < 4.78 is 32.6. The van der Waals surface area contributed by atoms with Gasteiger partial charge in [0.15, 0.2) is 0 Å². The number of aryl methyl sites for hydroxylation is 3. The van der Waals surface area contributed by atoms with Gasteiger partial charge in [0.1, 0.15) is 0 Å². The highest BCUT2D eigenvalue weighted by Gasteiger charge is 2.22. The maximum atomic E-state index is 12.7. The van der Waals surface area contributed by atoms with Crippen LogP contribution in [-0.4, -0.2) is 33.9 Å². The van der Waals surface area contributed by atoms with Crippen LogP contribution in [0.1, 0.15) is 41.1 Å². The molecule has 0 bridgehead atoms. The SMILES string of the molecule is COC(=O)CC(NC(=O)CCNS(=O)(=O)c1c(C)cc(C)cc1C)c1ccc(Cl)cc1. The lowest BCUT2D eigenvalue weighted by Gasteiger charge is -2.19. The first kappa shape index (κ1) is 24.8. The number of halogens is 1. The molecule has 31 heavy (non-hydrogen) atoms. The van der Waals surface area contributed by atoms with E-state index >= 15 is 0 Å². The fourth-order valence-corrected chi connectivity index (χ4v) is 5.03. The van der Waals surface area contributed by atoms with Crippen LogP contribution in [-0.2, 0) is 24.3 Å². The summed E-state index contributed by atoms with van der Waals surface area (Å²) in [6.07, 6.45) is -0.147. The molecule has 0 heterocycles. The fraction of sp³-hybridized carbons (Fsp3) is 0.364. The molecule has 1 amide bonds.